The van der Waals surface area contributed by atoms with E-state index in [1.165, 1.54) is 0 Å². The lowest BCUT2D eigenvalue weighted by molar-refractivity contribution is 0.191. The van der Waals surface area contributed by atoms with Gasteiger partial charge in [-0.3, -0.25) is 0 Å². The Morgan fingerprint density at radius 1 is 1.53 bits per heavy atom. The Bertz CT molecular complexity index is 403. The van der Waals surface area contributed by atoms with Crippen LogP contribution in [0.25, 0.3) is 5.65 Å². The fourth-order valence-electron chi connectivity index (χ4n) is 1.48. The van der Waals surface area contributed by atoms with Crippen molar-refractivity contribution in [1.29, 1.82) is 0 Å². The lowest BCUT2D eigenvalue weighted by Gasteiger charge is -2.03. The summed E-state index contributed by atoms with van der Waals surface area (Å²) >= 11 is 0. The van der Waals surface area contributed by atoms with E-state index in [2.05, 4.69) is 10.3 Å². The van der Waals surface area contributed by atoms with Gasteiger partial charge in [0.15, 0.2) is 0 Å². The van der Waals surface area contributed by atoms with Gasteiger partial charge in [0.25, 0.3) is 0 Å². The van der Waals surface area contributed by atoms with E-state index in [-0.39, 0.29) is 6.10 Å². The lowest BCUT2D eigenvalue weighted by Crippen LogP contribution is -2.23. The highest BCUT2D eigenvalue weighted by molar-refractivity contribution is 5.39. The number of nitrogens with one attached hydrogen (secondary N) is 1. The molecular formula is C11H15N3O. The van der Waals surface area contributed by atoms with Crippen molar-refractivity contribution in [3.8, 4) is 0 Å². The average molecular weight is 205 g/mol. The molecule has 0 bridgehead atoms. The molecule has 0 aliphatic carbocycles. The molecule has 0 spiro atoms. The largest absolute Gasteiger partial charge is 0.392 e. The second-order valence-electron chi connectivity index (χ2n) is 3.68. The molecule has 4 nitrogen and oxygen atoms in total. The van der Waals surface area contributed by atoms with E-state index in [1.54, 1.807) is 6.92 Å². The van der Waals surface area contributed by atoms with Crippen LogP contribution in [0, 0.1) is 0 Å². The first-order chi connectivity index (χ1) is 7.25. The summed E-state index contributed by atoms with van der Waals surface area (Å²) in [5.41, 5.74) is 1.94. The molecule has 2 heterocycles. The fraction of sp³-hybridized carbons (Fsp3) is 0.364. The van der Waals surface area contributed by atoms with Crippen LogP contribution in [0.2, 0.25) is 0 Å². The third kappa shape index (κ3) is 2.55. The minimum Gasteiger partial charge on any atom is -0.392 e. The van der Waals surface area contributed by atoms with Gasteiger partial charge >= 0.3 is 0 Å². The molecule has 0 amide bonds. The van der Waals surface area contributed by atoms with Crippen LogP contribution in [0.5, 0.6) is 0 Å². The van der Waals surface area contributed by atoms with Crippen LogP contribution < -0.4 is 5.32 Å². The summed E-state index contributed by atoms with van der Waals surface area (Å²) < 4.78 is 1.99. The van der Waals surface area contributed by atoms with Crippen LogP contribution in [-0.2, 0) is 6.54 Å². The standard InChI is InChI=1S/C11H15N3O/c1-9(15)6-12-7-10-8-14-5-3-2-4-11(14)13-10/h2-5,8-9,12,15H,6-7H2,1H3. The topological polar surface area (TPSA) is 49.6 Å². The van der Waals surface area contributed by atoms with E-state index < -0.39 is 0 Å². The first kappa shape index (κ1) is 10.1. The first-order valence-corrected chi connectivity index (χ1v) is 5.07. The predicted octanol–water partition coefficient (Wildman–Crippen LogP) is 0.805. The molecule has 80 valence electrons. The predicted molar refractivity (Wildman–Crippen MR) is 58.6 cm³/mol. The van der Waals surface area contributed by atoms with Gasteiger partial charge in [0, 0.05) is 25.5 Å². The van der Waals surface area contributed by atoms with Crippen molar-refractivity contribution in [2.45, 2.75) is 19.6 Å². The van der Waals surface area contributed by atoms with Crippen LogP contribution >= 0.6 is 0 Å². The molecule has 0 aliphatic heterocycles. The molecule has 2 aromatic rings. The minimum absolute atomic E-state index is 0.318. The van der Waals surface area contributed by atoms with Crippen molar-refractivity contribution in [3.05, 3.63) is 36.3 Å². The summed E-state index contributed by atoms with van der Waals surface area (Å²) in [5.74, 6) is 0. The summed E-state index contributed by atoms with van der Waals surface area (Å²) in [7, 11) is 0. The molecule has 0 saturated carbocycles. The zero-order chi connectivity index (χ0) is 10.7. The maximum atomic E-state index is 9.08. The van der Waals surface area contributed by atoms with Gasteiger partial charge in [-0.25, -0.2) is 4.98 Å². The first-order valence-electron chi connectivity index (χ1n) is 5.07. The van der Waals surface area contributed by atoms with Gasteiger partial charge in [-0.15, -0.1) is 0 Å². The summed E-state index contributed by atoms with van der Waals surface area (Å²) in [5, 5.41) is 12.2. The zero-order valence-corrected chi connectivity index (χ0v) is 8.72. The molecule has 4 heteroatoms. The molecular weight excluding hydrogens is 190 g/mol. The van der Waals surface area contributed by atoms with Crippen molar-refractivity contribution in [2.24, 2.45) is 0 Å². The molecule has 0 radical (unpaired) electrons. The normalized spacial score (nSPS) is 13.2. The number of rotatable bonds is 4. The van der Waals surface area contributed by atoms with Crippen LogP contribution in [0.3, 0.4) is 0 Å². The van der Waals surface area contributed by atoms with Gasteiger partial charge in [-0.1, -0.05) is 6.07 Å². The Hall–Kier alpha value is -1.39. The van der Waals surface area contributed by atoms with Gasteiger partial charge in [-0.05, 0) is 19.1 Å². The Morgan fingerprint density at radius 2 is 2.40 bits per heavy atom. The molecule has 1 unspecified atom stereocenters. The summed E-state index contributed by atoms with van der Waals surface area (Å²) in [4.78, 5) is 4.43. The Balaban J connectivity index is 2.03. The summed E-state index contributed by atoms with van der Waals surface area (Å²) in [6.07, 6.45) is 3.65. The smallest absolute Gasteiger partial charge is 0.137 e. The Kier molecular flexibility index (Phi) is 2.99. The number of aliphatic hydroxyl groups is 1. The average Bonchev–Trinajstić information content (AvgIpc) is 2.59. The van der Waals surface area contributed by atoms with E-state index in [0.717, 1.165) is 11.3 Å². The van der Waals surface area contributed by atoms with Gasteiger partial charge < -0.3 is 14.8 Å². The second-order valence-corrected chi connectivity index (χ2v) is 3.68. The number of hydrogen-bond acceptors (Lipinski definition) is 3. The third-order valence-corrected chi connectivity index (χ3v) is 2.16. The van der Waals surface area contributed by atoms with E-state index >= 15 is 0 Å². The van der Waals surface area contributed by atoms with Gasteiger partial charge in [0.1, 0.15) is 5.65 Å². The Morgan fingerprint density at radius 3 is 3.13 bits per heavy atom. The summed E-state index contributed by atoms with van der Waals surface area (Å²) in [6, 6.07) is 5.91. The van der Waals surface area contributed by atoms with Crippen LogP contribution in [0.15, 0.2) is 30.6 Å². The second kappa shape index (κ2) is 4.42. The molecule has 0 saturated heterocycles. The quantitative estimate of drug-likeness (QED) is 0.776. The number of fused-ring (bicyclic) bond motifs is 1. The highest BCUT2D eigenvalue weighted by atomic mass is 16.3. The molecule has 0 fully saturated rings. The highest BCUT2D eigenvalue weighted by Gasteiger charge is 2.00. The van der Waals surface area contributed by atoms with Crippen LogP contribution in [0.1, 0.15) is 12.6 Å². The maximum absolute atomic E-state index is 9.08. The molecule has 1 atom stereocenters. The highest BCUT2D eigenvalue weighted by Crippen LogP contribution is 2.03. The van der Waals surface area contributed by atoms with Crippen molar-refractivity contribution in [3.63, 3.8) is 0 Å². The van der Waals surface area contributed by atoms with E-state index in [4.69, 9.17) is 5.11 Å². The van der Waals surface area contributed by atoms with Crippen LogP contribution in [0.4, 0.5) is 0 Å². The fourth-order valence-corrected chi connectivity index (χ4v) is 1.48. The number of pyridine rings is 1. The number of aromatic nitrogens is 2. The molecule has 0 aromatic carbocycles. The Labute approximate surface area is 88.6 Å². The van der Waals surface area contributed by atoms with E-state index in [1.807, 2.05) is 35.0 Å². The van der Waals surface area contributed by atoms with Gasteiger partial charge in [0.05, 0.1) is 11.8 Å². The maximum Gasteiger partial charge on any atom is 0.137 e. The molecule has 0 aliphatic rings. The van der Waals surface area contributed by atoms with E-state index in [9.17, 15) is 0 Å². The lowest BCUT2D eigenvalue weighted by atomic mass is 10.4. The summed E-state index contributed by atoms with van der Waals surface area (Å²) in [6.45, 7) is 3.04. The van der Waals surface area contributed by atoms with Crippen LogP contribution in [-0.4, -0.2) is 27.1 Å². The molecule has 2 aromatic heterocycles. The van der Waals surface area contributed by atoms with Crippen molar-refractivity contribution < 1.29 is 5.11 Å². The van der Waals surface area contributed by atoms with Gasteiger partial charge in [0.2, 0.25) is 0 Å². The zero-order valence-electron chi connectivity index (χ0n) is 8.72. The number of hydrogen-bond donors (Lipinski definition) is 2. The van der Waals surface area contributed by atoms with Gasteiger partial charge in [-0.2, -0.15) is 0 Å². The number of nitrogens with zero attached hydrogens (tertiary/aromatic N) is 2. The third-order valence-electron chi connectivity index (χ3n) is 2.16. The molecule has 15 heavy (non-hydrogen) atoms. The molecule has 2 N–H and O–H groups in total. The van der Waals surface area contributed by atoms with Crippen molar-refractivity contribution in [2.75, 3.05) is 6.54 Å². The van der Waals surface area contributed by atoms with Crippen molar-refractivity contribution >= 4 is 5.65 Å². The number of imidazole rings is 1. The van der Waals surface area contributed by atoms with Crippen molar-refractivity contribution in [1.82, 2.24) is 14.7 Å². The monoisotopic (exact) mass is 205 g/mol. The number of aliphatic hydroxyl groups excluding tert-OH is 1. The molecule has 2 rings (SSSR count). The minimum atomic E-state index is -0.318. The SMILES string of the molecule is CC(O)CNCc1cn2ccccc2n1. The van der Waals surface area contributed by atoms with E-state index in [0.29, 0.717) is 13.1 Å².